The summed E-state index contributed by atoms with van der Waals surface area (Å²) >= 11 is 0. The highest BCUT2D eigenvalue weighted by molar-refractivity contribution is 5.90. The molecule has 40 heavy (non-hydrogen) atoms. The Hall–Kier alpha value is -2.86. The molecule has 0 aromatic heterocycles. The summed E-state index contributed by atoms with van der Waals surface area (Å²) in [6, 6.07) is 15.2. The molecule has 2 aromatic carbocycles. The van der Waals surface area contributed by atoms with E-state index in [1.807, 2.05) is 36.4 Å². The average molecular weight is 555 g/mol. The molecule has 0 bridgehead atoms. The summed E-state index contributed by atoms with van der Waals surface area (Å²) in [7, 11) is 0. The van der Waals surface area contributed by atoms with Gasteiger partial charge in [-0.05, 0) is 29.7 Å². The van der Waals surface area contributed by atoms with Gasteiger partial charge in [-0.3, -0.25) is 9.59 Å². The summed E-state index contributed by atoms with van der Waals surface area (Å²) < 4.78 is 24.7. The minimum atomic E-state index is -0.911. The number of benzene rings is 2. The zero-order valence-electron chi connectivity index (χ0n) is 22.6. The number of likely N-dealkylation sites (tertiary alicyclic amines) is 1. The number of carbonyl (C=O) groups is 2. The van der Waals surface area contributed by atoms with Crippen molar-refractivity contribution in [1.82, 2.24) is 4.90 Å². The van der Waals surface area contributed by atoms with E-state index in [2.05, 4.69) is 10.2 Å². The summed E-state index contributed by atoms with van der Waals surface area (Å²) in [4.78, 5) is 25.2. The van der Waals surface area contributed by atoms with Crippen LogP contribution in [0.1, 0.15) is 67.6 Å². The zero-order chi connectivity index (χ0) is 28.0. The van der Waals surface area contributed by atoms with Crippen molar-refractivity contribution in [3.05, 3.63) is 65.2 Å². The van der Waals surface area contributed by atoms with Crippen molar-refractivity contribution in [2.45, 2.75) is 69.4 Å². The number of aliphatic carboxylic acids is 1. The van der Waals surface area contributed by atoms with Crippen molar-refractivity contribution < 1.29 is 38.7 Å². The van der Waals surface area contributed by atoms with Crippen LogP contribution in [0.4, 0.5) is 5.69 Å². The molecular weight excluding hydrogens is 516 g/mol. The maximum absolute atomic E-state index is 12.2. The molecule has 0 radical (unpaired) electrons. The molecule has 0 aliphatic carbocycles. The van der Waals surface area contributed by atoms with Gasteiger partial charge in [0.15, 0.2) is 12.1 Å². The summed E-state index contributed by atoms with van der Waals surface area (Å²) in [5, 5.41) is 21.0. The molecule has 0 unspecified atom stereocenters. The van der Waals surface area contributed by atoms with Crippen molar-refractivity contribution in [2.24, 2.45) is 0 Å². The molecule has 10 nitrogen and oxygen atoms in total. The van der Waals surface area contributed by atoms with Gasteiger partial charge in [0.25, 0.3) is 0 Å². The number of aliphatic hydroxyl groups is 1. The van der Waals surface area contributed by atoms with Gasteiger partial charge in [-0.2, -0.15) is 0 Å². The lowest BCUT2D eigenvalue weighted by Crippen LogP contribution is -2.48. The van der Waals surface area contributed by atoms with Gasteiger partial charge in [0, 0.05) is 63.0 Å². The van der Waals surface area contributed by atoms with Crippen molar-refractivity contribution >= 4 is 17.6 Å². The van der Waals surface area contributed by atoms with Crippen molar-refractivity contribution in [3.8, 4) is 0 Å². The molecule has 1 amide bonds. The SMILES string of the molecule is O=C(O)CCCC(=O)Nc1ccc([C@H]2O[C@@H](CN3CCC4(CC3)OCCO4)C[C@@H](c3ccc(CO)cc3)O2)cc1. The number of carboxylic acids is 1. The fourth-order valence-corrected chi connectivity index (χ4v) is 5.53. The van der Waals surface area contributed by atoms with E-state index in [9.17, 15) is 14.7 Å². The van der Waals surface area contributed by atoms with Gasteiger partial charge in [-0.1, -0.05) is 36.4 Å². The van der Waals surface area contributed by atoms with Gasteiger partial charge >= 0.3 is 5.97 Å². The highest BCUT2D eigenvalue weighted by atomic mass is 16.7. The van der Waals surface area contributed by atoms with Crippen LogP contribution < -0.4 is 5.32 Å². The number of carbonyl (C=O) groups excluding carboxylic acids is 1. The average Bonchev–Trinajstić information content (AvgIpc) is 3.42. The first-order chi connectivity index (χ1) is 19.4. The number of carboxylic acid groups (broad SMARTS) is 1. The van der Waals surface area contributed by atoms with Crippen LogP contribution in [-0.2, 0) is 35.1 Å². The van der Waals surface area contributed by atoms with E-state index in [-0.39, 0.29) is 37.6 Å². The van der Waals surface area contributed by atoms with Gasteiger partial charge in [-0.25, -0.2) is 0 Å². The smallest absolute Gasteiger partial charge is 0.303 e. The standard InChI is InChI=1S/C30H38N2O8/c33-20-21-4-6-22(7-5-21)26-18-25(19-32-14-12-30(13-15-32)37-16-17-38-30)39-29(40-26)23-8-10-24(11-9-23)31-27(34)2-1-3-28(35)36/h4-11,25-26,29,33H,1-3,12-20H2,(H,31,34)(H,35,36)/t25-,26+,29+/m1/s1. The Morgan fingerprint density at radius 1 is 0.925 bits per heavy atom. The Morgan fingerprint density at radius 3 is 2.25 bits per heavy atom. The molecule has 3 heterocycles. The summed E-state index contributed by atoms with van der Waals surface area (Å²) in [5.74, 6) is -1.55. The Labute approximate surface area is 234 Å². The van der Waals surface area contributed by atoms with Crippen LogP contribution in [0.2, 0.25) is 0 Å². The minimum Gasteiger partial charge on any atom is -0.481 e. The van der Waals surface area contributed by atoms with Crippen LogP contribution in [0, 0.1) is 0 Å². The number of anilines is 1. The fraction of sp³-hybridized carbons (Fsp3) is 0.533. The lowest BCUT2D eigenvalue weighted by Gasteiger charge is -2.41. The molecule has 3 aliphatic rings. The maximum Gasteiger partial charge on any atom is 0.303 e. The van der Waals surface area contributed by atoms with Crippen LogP contribution in [0.5, 0.6) is 0 Å². The van der Waals surface area contributed by atoms with Gasteiger partial charge in [0.1, 0.15) is 0 Å². The van der Waals surface area contributed by atoms with E-state index in [0.29, 0.717) is 31.7 Å². The molecule has 1 spiro atoms. The van der Waals surface area contributed by atoms with Crippen molar-refractivity contribution in [3.63, 3.8) is 0 Å². The third-order valence-electron chi connectivity index (χ3n) is 7.77. The van der Waals surface area contributed by atoms with E-state index < -0.39 is 18.0 Å². The third kappa shape index (κ3) is 7.45. The maximum atomic E-state index is 12.2. The largest absolute Gasteiger partial charge is 0.481 e. The van der Waals surface area contributed by atoms with Crippen LogP contribution in [-0.4, -0.2) is 71.7 Å². The van der Waals surface area contributed by atoms with E-state index >= 15 is 0 Å². The molecule has 3 atom stereocenters. The first-order valence-electron chi connectivity index (χ1n) is 14.0. The van der Waals surface area contributed by atoms with Crippen LogP contribution >= 0.6 is 0 Å². The second-order valence-corrected chi connectivity index (χ2v) is 10.7. The number of ether oxygens (including phenoxy) is 4. The fourth-order valence-electron chi connectivity index (χ4n) is 5.53. The molecular formula is C30H38N2O8. The monoisotopic (exact) mass is 554 g/mol. The molecule has 5 rings (SSSR count). The molecule has 2 aromatic rings. The second-order valence-electron chi connectivity index (χ2n) is 10.7. The topological polar surface area (TPSA) is 127 Å². The van der Waals surface area contributed by atoms with E-state index in [1.165, 1.54) is 0 Å². The van der Waals surface area contributed by atoms with Gasteiger partial charge in [0.2, 0.25) is 5.91 Å². The van der Waals surface area contributed by atoms with Gasteiger partial charge in [0.05, 0.1) is 32.0 Å². The molecule has 10 heteroatoms. The third-order valence-corrected chi connectivity index (χ3v) is 7.77. The Bertz CT molecular complexity index is 1120. The first-order valence-corrected chi connectivity index (χ1v) is 14.0. The molecule has 3 N–H and O–H groups in total. The second kappa shape index (κ2) is 13.2. The van der Waals surface area contributed by atoms with E-state index in [4.69, 9.17) is 24.1 Å². The molecule has 3 fully saturated rings. The minimum absolute atomic E-state index is 0.00745. The first kappa shape index (κ1) is 28.7. The summed E-state index contributed by atoms with van der Waals surface area (Å²) in [6.07, 6.45) is 1.98. The number of hydrogen-bond donors (Lipinski definition) is 3. The van der Waals surface area contributed by atoms with Gasteiger partial charge in [-0.15, -0.1) is 0 Å². The predicted octanol–water partition coefficient (Wildman–Crippen LogP) is 3.76. The lowest BCUT2D eigenvalue weighted by atomic mass is 9.98. The number of hydrogen-bond acceptors (Lipinski definition) is 8. The Kier molecular flexibility index (Phi) is 9.46. The normalized spacial score (nSPS) is 24.7. The molecule has 3 saturated heterocycles. The molecule has 216 valence electrons. The van der Waals surface area contributed by atoms with E-state index in [0.717, 1.165) is 49.2 Å². The number of rotatable bonds is 10. The lowest BCUT2D eigenvalue weighted by molar-refractivity contribution is -0.255. The highest BCUT2D eigenvalue weighted by Gasteiger charge is 2.41. The summed E-state index contributed by atoms with van der Waals surface area (Å²) in [6.45, 7) is 3.84. The van der Waals surface area contributed by atoms with Crippen LogP contribution in [0.3, 0.4) is 0 Å². The van der Waals surface area contributed by atoms with Gasteiger partial charge < -0.3 is 39.4 Å². The number of aliphatic hydroxyl groups excluding tert-OH is 1. The zero-order valence-corrected chi connectivity index (χ0v) is 22.6. The number of piperidine rings is 1. The van der Waals surface area contributed by atoms with Crippen molar-refractivity contribution in [1.29, 1.82) is 0 Å². The Balaban J connectivity index is 1.24. The van der Waals surface area contributed by atoms with Crippen molar-refractivity contribution in [2.75, 3.05) is 38.2 Å². The number of amides is 1. The highest BCUT2D eigenvalue weighted by Crippen LogP contribution is 2.39. The quantitative estimate of drug-likeness (QED) is 0.402. The Morgan fingerprint density at radius 2 is 1.60 bits per heavy atom. The predicted molar refractivity (Wildman–Crippen MR) is 145 cm³/mol. The molecule has 0 saturated carbocycles. The number of nitrogens with one attached hydrogen (secondary N) is 1. The van der Waals surface area contributed by atoms with E-state index in [1.54, 1.807) is 12.1 Å². The van der Waals surface area contributed by atoms with Crippen LogP contribution in [0.15, 0.2) is 48.5 Å². The summed E-state index contributed by atoms with van der Waals surface area (Å²) in [5.41, 5.74) is 3.36. The van der Waals surface area contributed by atoms with Crippen LogP contribution in [0.25, 0.3) is 0 Å². The molecule has 3 aliphatic heterocycles. The number of nitrogens with zero attached hydrogens (tertiary/aromatic N) is 1.